The largest absolute Gasteiger partial charge is 0.497 e. The SMILES string of the molecule is COc1ccc(CCNC(=O)Nc2ccc(CCN3CCOCC3)cc2)cc1. The van der Waals surface area contributed by atoms with Crippen molar-refractivity contribution in [3.05, 3.63) is 59.7 Å². The molecule has 0 saturated carbocycles. The minimum Gasteiger partial charge on any atom is -0.497 e. The molecule has 3 rings (SSSR count). The van der Waals surface area contributed by atoms with Gasteiger partial charge in [0, 0.05) is 31.9 Å². The Labute approximate surface area is 166 Å². The number of morpholine rings is 1. The number of amides is 2. The van der Waals surface area contributed by atoms with Crippen molar-refractivity contribution in [2.75, 3.05) is 51.8 Å². The minimum atomic E-state index is -0.186. The Hall–Kier alpha value is -2.57. The van der Waals surface area contributed by atoms with Crippen molar-refractivity contribution in [1.29, 1.82) is 0 Å². The molecule has 0 spiro atoms. The molecule has 1 saturated heterocycles. The minimum absolute atomic E-state index is 0.186. The Bertz CT molecular complexity index is 726. The second-order valence-electron chi connectivity index (χ2n) is 6.88. The Morgan fingerprint density at radius 1 is 1.00 bits per heavy atom. The standard InChI is InChI=1S/C22H29N3O3/c1-27-21-8-4-18(5-9-21)10-12-23-22(26)24-20-6-2-19(3-7-20)11-13-25-14-16-28-17-15-25/h2-9H,10-17H2,1H3,(H2,23,24,26). The normalized spacial score (nSPS) is 14.5. The summed E-state index contributed by atoms with van der Waals surface area (Å²) in [6, 6.07) is 15.7. The van der Waals surface area contributed by atoms with E-state index >= 15 is 0 Å². The third-order valence-corrected chi connectivity index (χ3v) is 4.89. The van der Waals surface area contributed by atoms with Crippen LogP contribution in [0.25, 0.3) is 0 Å². The summed E-state index contributed by atoms with van der Waals surface area (Å²) in [6.07, 6.45) is 1.78. The van der Waals surface area contributed by atoms with Crippen molar-refractivity contribution in [1.82, 2.24) is 10.2 Å². The molecule has 0 atom stereocenters. The van der Waals surface area contributed by atoms with Gasteiger partial charge < -0.3 is 20.1 Å². The van der Waals surface area contributed by atoms with E-state index in [1.54, 1.807) is 7.11 Å². The Morgan fingerprint density at radius 2 is 1.64 bits per heavy atom. The molecule has 1 aliphatic rings. The second-order valence-corrected chi connectivity index (χ2v) is 6.88. The van der Waals surface area contributed by atoms with E-state index < -0.39 is 0 Å². The quantitative estimate of drug-likeness (QED) is 0.736. The number of anilines is 1. The maximum atomic E-state index is 12.1. The van der Waals surface area contributed by atoms with Crippen molar-refractivity contribution in [3.8, 4) is 5.75 Å². The Kier molecular flexibility index (Phi) is 7.70. The topological polar surface area (TPSA) is 62.8 Å². The fourth-order valence-electron chi connectivity index (χ4n) is 3.15. The van der Waals surface area contributed by atoms with Crippen LogP contribution in [0.15, 0.2) is 48.5 Å². The van der Waals surface area contributed by atoms with Gasteiger partial charge in [0.25, 0.3) is 0 Å². The highest BCUT2D eigenvalue weighted by Gasteiger charge is 2.10. The van der Waals surface area contributed by atoms with Crippen LogP contribution >= 0.6 is 0 Å². The van der Waals surface area contributed by atoms with E-state index in [-0.39, 0.29) is 6.03 Å². The zero-order valence-electron chi connectivity index (χ0n) is 16.4. The molecule has 2 aromatic carbocycles. The molecule has 1 heterocycles. The van der Waals surface area contributed by atoms with Crippen LogP contribution in [-0.4, -0.2) is 57.4 Å². The summed E-state index contributed by atoms with van der Waals surface area (Å²) in [6.45, 7) is 5.30. The van der Waals surface area contributed by atoms with Crippen LogP contribution in [0.1, 0.15) is 11.1 Å². The zero-order valence-corrected chi connectivity index (χ0v) is 16.4. The summed E-state index contributed by atoms with van der Waals surface area (Å²) >= 11 is 0. The number of hydrogen-bond acceptors (Lipinski definition) is 4. The lowest BCUT2D eigenvalue weighted by Crippen LogP contribution is -2.37. The van der Waals surface area contributed by atoms with Crippen LogP contribution in [0.5, 0.6) is 5.75 Å². The smallest absolute Gasteiger partial charge is 0.319 e. The van der Waals surface area contributed by atoms with E-state index in [4.69, 9.17) is 9.47 Å². The number of rotatable bonds is 8. The molecule has 0 unspecified atom stereocenters. The molecule has 2 amide bonds. The first-order chi connectivity index (χ1) is 13.7. The molecule has 0 bridgehead atoms. The van der Waals surface area contributed by atoms with Gasteiger partial charge in [-0.25, -0.2) is 4.79 Å². The number of ether oxygens (including phenoxy) is 2. The molecule has 1 fully saturated rings. The summed E-state index contributed by atoms with van der Waals surface area (Å²) in [5, 5.41) is 5.77. The number of urea groups is 1. The van der Waals surface area contributed by atoms with Crippen molar-refractivity contribution < 1.29 is 14.3 Å². The molecule has 2 aromatic rings. The van der Waals surface area contributed by atoms with E-state index in [0.717, 1.165) is 62.7 Å². The number of carbonyl (C=O) groups is 1. The predicted molar refractivity (Wildman–Crippen MR) is 111 cm³/mol. The van der Waals surface area contributed by atoms with Gasteiger partial charge >= 0.3 is 6.03 Å². The first-order valence-electron chi connectivity index (χ1n) is 9.80. The van der Waals surface area contributed by atoms with Gasteiger partial charge in [-0.3, -0.25) is 4.90 Å². The lowest BCUT2D eigenvalue weighted by Gasteiger charge is -2.26. The number of benzene rings is 2. The van der Waals surface area contributed by atoms with Gasteiger partial charge in [0.2, 0.25) is 0 Å². The molecule has 6 nitrogen and oxygen atoms in total. The highest BCUT2D eigenvalue weighted by molar-refractivity contribution is 5.89. The maximum absolute atomic E-state index is 12.1. The number of nitrogens with one attached hydrogen (secondary N) is 2. The highest BCUT2D eigenvalue weighted by Crippen LogP contribution is 2.12. The van der Waals surface area contributed by atoms with Crippen LogP contribution in [-0.2, 0) is 17.6 Å². The number of carbonyl (C=O) groups excluding carboxylic acids is 1. The molecule has 150 valence electrons. The van der Waals surface area contributed by atoms with Crippen LogP contribution in [0.3, 0.4) is 0 Å². The number of nitrogens with zero attached hydrogens (tertiary/aromatic N) is 1. The highest BCUT2D eigenvalue weighted by atomic mass is 16.5. The molecular weight excluding hydrogens is 354 g/mol. The lowest BCUT2D eigenvalue weighted by atomic mass is 10.1. The molecular formula is C22H29N3O3. The molecule has 6 heteroatoms. The van der Waals surface area contributed by atoms with E-state index in [1.807, 2.05) is 36.4 Å². The molecule has 28 heavy (non-hydrogen) atoms. The molecule has 0 aliphatic carbocycles. The van der Waals surface area contributed by atoms with E-state index in [1.165, 1.54) is 5.56 Å². The third-order valence-electron chi connectivity index (χ3n) is 4.89. The third kappa shape index (κ3) is 6.55. The average Bonchev–Trinajstić information content (AvgIpc) is 2.74. The molecule has 2 N–H and O–H groups in total. The van der Waals surface area contributed by atoms with Crippen molar-refractivity contribution in [2.45, 2.75) is 12.8 Å². The van der Waals surface area contributed by atoms with Crippen LogP contribution in [0.2, 0.25) is 0 Å². The maximum Gasteiger partial charge on any atom is 0.319 e. The Morgan fingerprint density at radius 3 is 2.32 bits per heavy atom. The van der Waals surface area contributed by atoms with Gasteiger partial charge in [-0.05, 0) is 48.2 Å². The zero-order chi connectivity index (χ0) is 19.6. The first kappa shape index (κ1) is 20.2. The Balaban J connectivity index is 1.36. The molecule has 1 aliphatic heterocycles. The van der Waals surface area contributed by atoms with Gasteiger partial charge in [0.1, 0.15) is 5.75 Å². The van der Waals surface area contributed by atoms with Crippen molar-refractivity contribution >= 4 is 11.7 Å². The average molecular weight is 383 g/mol. The number of hydrogen-bond donors (Lipinski definition) is 2. The number of methoxy groups -OCH3 is 1. The fourth-order valence-corrected chi connectivity index (χ4v) is 3.15. The predicted octanol–water partition coefficient (Wildman–Crippen LogP) is 2.93. The van der Waals surface area contributed by atoms with Gasteiger partial charge in [-0.2, -0.15) is 0 Å². The summed E-state index contributed by atoms with van der Waals surface area (Å²) in [5.41, 5.74) is 3.24. The van der Waals surface area contributed by atoms with E-state index in [2.05, 4.69) is 27.7 Å². The van der Waals surface area contributed by atoms with Gasteiger partial charge in [0.05, 0.1) is 20.3 Å². The summed E-state index contributed by atoms with van der Waals surface area (Å²) in [4.78, 5) is 14.5. The lowest BCUT2D eigenvalue weighted by molar-refractivity contribution is 0.0384. The van der Waals surface area contributed by atoms with E-state index in [9.17, 15) is 4.79 Å². The molecule has 0 aromatic heterocycles. The van der Waals surface area contributed by atoms with Gasteiger partial charge in [-0.15, -0.1) is 0 Å². The second kappa shape index (κ2) is 10.7. The van der Waals surface area contributed by atoms with Crippen molar-refractivity contribution in [3.63, 3.8) is 0 Å². The van der Waals surface area contributed by atoms with Gasteiger partial charge in [-0.1, -0.05) is 24.3 Å². The fraction of sp³-hybridized carbons (Fsp3) is 0.409. The van der Waals surface area contributed by atoms with Crippen LogP contribution in [0, 0.1) is 0 Å². The van der Waals surface area contributed by atoms with Crippen LogP contribution < -0.4 is 15.4 Å². The first-order valence-corrected chi connectivity index (χ1v) is 9.80. The molecule has 0 radical (unpaired) electrons. The monoisotopic (exact) mass is 383 g/mol. The van der Waals surface area contributed by atoms with Gasteiger partial charge in [0.15, 0.2) is 0 Å². The summed E-state index contributed by atoms with van der Waals surface area (Å²) < 4.78 is 10.5. The van der Waals surface area contributed by atoms with Crippen molar-refractivity contribution in [2.24, 2.45) is 0 Å². The van der Waals surface area contributed by atoms with E-state index in [0.29, 0.717) is 6.54 Å². The summed E-state index contributed by atoms with van der Waals surface area (Å²) in [5.74, 6) is 0.836. The summed E-state index contributed by atoms with van der Waals surface area (Å²) in [7, 11) is 1.65. The van der Waals surface area contributed by atoms with Crippen LogP contribution in [0.4, 0.5) is 10.5 Å².